The Morgan fingerprint density at radius 2 is 1.89 bits per heavy atom. The molecule has 1 aromatic carbocycles. The van der Waals surface area contributed by atoms with Gasteiger partial charge in [-0.15, -0.1) is 0 Å². The first kappa shape index (κ1) is 31.5. The monoisotopic (exact) mass is 621 g/mol. The zero-order valence-corrected chi connectivity index (χ0v) is 25.5. The number of aromatic nitrogens is 3. The summed E-state index contributed by atoms with van der Waals surface area (Å²) in [5, 5.41) is 13.8. The lowest BCUT2D eigenvalue weighted by atomic mass is 10.00. The summed E-state index contributed by atoms with van der Waals surface area (Å²) in [6, 6.07) is 1.33. The number of hydrogen-bond acceptors (Lipinski definition) is 8. The number of amides is 1. The second-order valence-electron chi connectivity index (χ2n) is 11.2. The van der Waals surface area contributed by atoms with E-state index in [9.17, 15) is 19.1 Å². The Morgan fingerprint density at radius 3 is 2.53 bits per heavy atom. The molecule has 0 radical (unpaired) electrons. The molecule has 1 unspecified atom stereocenters. The minimum absolute atomic E-state index is 0.116. The van der Waals surface area contributed by atoms with Gasteiger partial charge in [0.25, 0.3) is 0 Å². The summed E-state index contributed by atoms with van der Waals surface area (Å²) in [5.74, 6) is -4.91. The molecule has 5 rings (SSSR count). The average Bonchev–Trinajstić information content (AvgIpc) is 3.01. The van der Waals surface area contributed by atoms with Gasteiger partial charge in [0.2, 0.25) is 5.91 Å². The Balaban J connectivity index is 1.94. The van der Waals surface area contributed by atoms with Crippen LogP contribution >= 0.6 is 0 Å². The largest absolute Gasteiger partial charge is 0.507 e. The molecule has 1 atom stereocenters. The molecule has 0 aliphatic carbocycles. The van der Waals surface area contributed by atoms with Crippen molar-refractivity contribution < 1.29 is 23.1 Å². The highest BCUT2D eigenvalue weighted by molar-refractivity contribution is 6.22. The second-order valence-corrected chi connectivity index (χ2v) is 11.2. The van der Waals surface area contributed by atoms with Crippen LogP contribution in [0, 0.1) is 23.4 Å². The fraction of sp³-hybridized carbons (Fsp3) is 0.344. The van der Waals surface area contributed by atoms with Gasteiger partial charge >= 0.3 is 5.69 Å². The molecule has 3 aromatic rings. The van der Waals surface area contributed by atoms with Gasteiger partial charge in [-0.2, -0.15) is 4.98 Å². The number of nitrogens with zero attached hydrogens (tertiary/aromatic N) is 6. The molecule has 0 bridgehead atoms. The number of hydrogen-bond donors (Lipinski definition) is 2. The first-order valence-electron chi connectivity index (χ1n) is 14.5. The molecule has 10 nitrogen and oxygen atoms in total. The number of nitrogens with one attached hydrogen (secondary N) is 1. The molecule has 45 heavy (non-hydrogen) atoms. The molecule has 13 heteroatoms. The molecule has 2 aliphatic rings. The molecule has 2 N–H and O–H groups in total. The molecule has 4 heterocycles. The molecule has 0 spiro atoms. The van der Waals surface area contributed by atoms with Crippen molar-refractivity contribution in [3.8, 4) is 17.0 Å². The van der Waals surface area contributed by atoms with Gasteiger partial charge in [-0.05, 0) is 43.0 Å². The number of carbonyl (C=O) groups is 1. The highest BCUT2D eigenvalue weighted by Crippen LogP contribution is 2.42. The minimum atomic E-state index is -1.50. The molecule has 0 saturated carbocycles. The zero-order chi connectivity index (χ0) is 32.7. The van der Waals surface area contributed by atoms with Gasteiger partial charge in [0.05, 0.1) is 28.0 Å². The Morgan fingerprint density at radius 1 is 1.16 bits per heavy atom. The lowest BCUT2D eigenvalue weighted by Gasteiger charge is -2.43. The van der Waals surface area contributed by atoms with Gasteiger partial charge in [-0.25, -0.2) is 27.5 Å². The summed E-state index contributed by atoms with van der Waals surface area (Å²) >= 11 is 0. The van der Waals surface area contributed by atoms with E-state index in [1.165, 1.54) is 16.7 Å². The molecule has 2 aliphatic heterocycles. The van der Waals surface area contributed by atoms with Crippen LogP contribution in [-0.4, -0.2) is 75.4 Å². The maximum Gasteiger partial charge on any atom is 0.355 e. The number of halogens is 3. The first-order valence-corrected chi connectivity index (χ1v) is 14.5. The van der Waals surface area contributed by atoms with Crippen LogP contribution in [-0.2, 0) is 4.79 Å². The summed E-state index contributed by atoms with van der Waals surface area (Å²) in [4.78, 5) is 43.5. The molecular formula is C32H34F3N7O3. The van der Waals surface area contributed by atoms with Crippen LogP contribution < -0.4 is 15.9 Å². The number of aromatic hydroxyl groups is 1. The summed E-state index contributed by atoms with van der Waals surface area (Å²) in [5.41, 5.74) is -1.20. The van der Waals surface area contributed by atoms with E-state index in [4.69, 9.17) is 0 Å². The first-order chi connectivity index (χ1) is 21.4. The molecular weight excluding hydrogens is 587 g/mol. The normalized spacial score (nSPS) is 17.3. The van der Waals surface area contributed by atoms with Crippen LogP contribution in [0.3, 0.4) is 0 Å². The molecule has 2 aromatic heterocycles. The quantitative estimate of drug-likeness (QED) is 0.232. The van der Waals surface area contributed by atoms with Crippen molar-refractivity contribution in [2.75, 3.05) is 43.4 Å². The number of piperazine rings is 1. The van der Waals surface area contributed by atoms with E-state index >= 15 is 8.78 Å². The van der Waals surface area contributed by atoms with Crippen LogP contribution in [0.2, 0.25) is 0 Å². The van der Waals surface area contributed by atoms with Crippen molar-refractivity contribution in [3.05, 3.63) is 71.0 Å². The summed E-state index contributed by atoms with van der Waals surface area (Å²) in [6.45, 7) is 14.0. The predicted octanol–water partition coefficient (Wildman–Crippen LogP) is 4.74. The number of rotatable bonds is 6. The third kappa shape index (κ3) is 5.25. The molecule has 1 amide bonds. The Kier molecular flexibility index (Phi) is 8.55. The van der Waals surface area contributed by atoms with Gasteiger partial charge in [0.1, 0.15) is 17.3 Å². The third-order valence-corrected chi connectivity index (χ3v) is 8.21. The van der Waals surface area contributed by atoms with Gasteiger partial charge < -0.3 is 20.2 Å². The van der Waals surface area contributed by atoms with Crippen molar-refractivity contribution >= 4 is 39.9 Å². The summed E-state index contributed by atoms with van der Waals surface area (Å²) in [7, 11) is 1.57. The summed E-state index contributed by atoms with van der Waals surface area (Å²) < 4.78 is 47.4. The van der Waals surface area contributed by atoms with E-state index < -0.39 is 40.1 Å². The lowest BCUT2D eigenvalue weighted by Crippen LogP contribution is -2.56. The number of carbonyl (C=O) groups excluding carboxylic acids is 1. The van der Waals surface area contributed by atoms with Crippen LogP contribution in [0.4, 0.5) is 24.7 Å². The highest BCUT2D eigenvalue weighted by Gasteiger charge is 2.36. The van der Waals surface area contributed by atoms with Crippen LogP contribution in [0.25, 0.3) is 28.0 Å². The number of allylic oxidation sites excluding steroid dienone is 3. The van der Waals surface area contributed by atoms with E-state index in [0.29, 0.717) is 36.5 Å². The lowest BCUT2D eigenvalue weighted by molar-refractivity contribution is -0.126. The van der Waals surface area contributed by atoms with Crippen LogP contribution in [0.5, 0.6) is 5.75 Å². The Bertz CT molecular complexity index is 1870. The molecule has 1 saturated heterocycles. The Hall–Kier alpha value is -4.94. The molecule has 1 fully saturated rings. The van der Waals surface area contributed by atoms with E-state index in [1.54, 1.807) is 18.9 Å². The summed E-state index contributed by atoms with van der Waals surface area (Å²) in [6.07, 6.45) is 3.19. The van der Waals surface area contributed by atoms with Crippen molar-refractivity contribution in [1.29, 1.82) is 0 Å². The second kappa shape index (κ2) is 12.2. The zero-order valence-electron chi connectivity index (χ0n) is 25.5. The van der Waals surface area contributed by atoms with Gasteiger partial charge in [-0.3, -0.25) is 9.79 Å². The highest BCUT2D eigenvalue weighted by atomic mass is 19.2. The third-order valence-electron chi connectivity index (χ3n) is 8.21. The van der Waals surface area contributed by atoms with E-state index in [-0.39, 0.29) is 53.5 Å². The topological polar surface area (TPSA) is 116 Å². The van der Waals surface area contributed by atoms with E-state index in [0.717, 1.165) is 12.1 Å². The molecule has 236 valence electrons. The number of phenolic OH excluding ortho intramolecular Hbond substituents is 1. The van der Waals surface area contributed by atoms with Crippen LogP contribution in [0.15, 0.2) is 52.8 Å². The number of benzene rings is 1. The van der Waals surface area contributed by atoms with E-state index in [1.807, 2.05) is 18.7 Å². The standard InChI is InChI=1S/C32H34F3N7O3/c1-7-17(5)29(26(36-6)16(3)4)42-31-23-27(25(35)28(38-31)22-20(43)10-9-19(33)24(22)34)37-12-11-18-15-40(21(44)8-2)13-14-41(18)30(23)39-32(42)45/h7-10,16,18,37,43H,1-2,11-15H2,3-6H3/b29-17+,36-26?. The SMILES string of the molecule is C=CC(=O)N1CCN2c3nc(=O)n(/C(C(=NC)C(C)C)=C(\C)C=C)c4nc(-c5c(O)ccc(F)c5F)c(F)c(c34)NCCC2C1. The van der Waals surface area contributed by atoms with E-state index in [2.05, 4.69) is 33.4 Å². The fourth-order valence-corrected chi connectivity index (χ4v) is 6.02. The number of fused-ring (bicyclic) bond motifs is 2. The maximum absolute atomic E-state index is 16.6. The maximum atomic E-state index is 16.6. The van der Waals surface area contributed by atoms with Crippen molar-refractivity contribution in [3.63, 3.8) is 0 Å². The average molecular weight is 622 g/mol. The fourth-order valence-electron chi connectivity index (χ4n) is 6.02. The van der Waals surface area contributed by atoms with Gasteiger partial charge in [0.15, 0.2) is 23.1 Å². The minimum Gasteiger partial charge on any atom is -0.507 e. The Labute approximate surface area is 257 Å². The van der Waals surface area contributed by atoms with Gasteiger partial charge in [0, 0.05) is 39.3 Å². The number of pyridine rings is 1. The smallest absolute Gasteiger partial charge is 0.355 e. The van der Waals surface area contributed by atoms with Crippen molar-refractivity contribution in [1.82, 2.24) is 19.4 Å². The number of anilines is 2. The van der Waals surface area contributed by atoms with Crippen molar-refractivity contribution in [2.24, 2.45) is 10.9 Å². The van der Waals surface area contributed by atoms with Crippen LogP contribution in [0.1, 0.15) is 27.2 Å². The van der Waals surface area contributed by atoms with Gasteiger partial charge in [-0.1, -0.05) is 33.1 Å². The number of aliphatic imine (C=N–C) groups is 1. The predicted molar refractivity (Wildman–Crippen MR) is 169 cm³/mol. The number of phenols is 1. The van der Waals surface area contributed by atoms with Crippen molar-refractivity contribution in [2.45, 2.75) is 33.2 Å².